The van der Waals surface area contributed by atoms with Crippen LogP contribution in [-0.4, -0.2) is 53.2 Å². The van der Waals surface area contributed by atoms with E-state index in [1.165, 1.54) is 30.5 Å². The third-order valence-corrected chi connectivity index (χ3v) is 8.25. The largest absolute Gasteiger partial charge is 0.394 e. The van der Waals surface area contributed by atoms with Gasteiger partial charge in [0.2, 0.25) is 5.91 Å². The van der Waals surface area contributed by atoms with Gasteiger partial charge >= 0.3 is 0 Å². The topological polar surface area (TPSA) is 117 Å². The van der Waals surface area contributed by atoms with E-state index in [0.717, 1.165) is 26.4 Å². The number of likely N-dealkylation sites (N-methyl/N-ethyl adjacent to an activating group) is 1. The second-order valence-corrected chi connectivity index (χ2v) is 10.6. The highest BCUT2D eigenvalue weighted by Crippen LogP contribution is 2.35. The molecule has 0 saturated carbocycles. The van der Waals surface area contributed by atoms with Gasteiger partial charge in [-0.2, -0.15) is 22.5 Å². The molecule has 1 aliphatic rings. The van der Waals surface area contributed by atoms with Gasteiger partial charge in [-0.25, -0.2) is 4.39 Å². The van der Waals surface area contributed by atoms with Crippen LogP contribution in [0, 0.1) is 5.82 Å². The molecule has 1 fully saturated rings. The van der Waals surface area contributed by atoms with E-state index < -0.39 is 34.0 Å². The molecule has 13 heteroatoms. The van der Waals surface area contributed by atoms with E-state index in [2.05, 4.69) is 15.1 Å². The number of nitrogens with zero attached hydrogens (tertiary/aromatic N) is 3. The molecule has 2 aromatic heterocycles. The molecule has 4 rings (SSSR count). The molecule has 2 atom stereocenters. The summed E-state index contributed by atoms with van der Waals surface area (Å²) in [7, 11) is -2.59. The number of rotatable bonds is 6. The Labute approximate surface area is 199 Å². The molecule has 0 aliphatic carbocycles. The monoisotopic (exact) mass is 513 g/mol. The Hall–Kier alpha value is -2.35. The van der Waals surface area contributed by atoms with Crippen LogP contribution in [0.15, 0.2) is 42.0 Å². The molecule has 0 bridgehead atoms. The summed E-state index contributed by atoms with van der Waals surface area (Å²) in [5.74, 6) is -1.16. The second kappa shape index (κ2) is 9.49. The second-order valence-electron chi connectivity index (χ2n) is 7.51. The Kier molecular flexibility index (Phi) is 6.84. The standard InChI is InChI=1S/C20H21ClFN5O4S2/c1-26-18(20(29)24-14-2-3-16(22)15(21)7-14)8-17(25-33(26,30)31)19-6-12(11-32-19)13-9-23-27(10-13)4-5-28/h2-3,6-7,9-11,17-18,25,28H,4-5,8H2,1H3,(H,24,29). The molecule has 1 amide bonds. The third kappa shape index (κ3) is 5.10. The number of aliphatic hydroxyl groups is 1. The summed E-state index contributed by atoms with van der Waals surface area (Å²) in [6, 6.07) is 4.02. The van der Waals surface area contributed by atoms with Gasteiger partial charge in [-0.05, 0) is 41.6 Å². The summed E-state index contributed by atoms with van der Waals surface area (Å²) in [4.78, 5) is 13.7. The van der Waals surface area contributed by atoms with Gasteiger partial charge in [0.1, 0.15) is 11.9 Å². The summed E-state index contributed by atoms with van der Waals surface area (Å²) in [5.41, 5.74) is 1.97. The van der Waals surface area contributed by atoms with Gasteiger partial charge in [0.25, 0.3) is 10.2 Å². The Morgan fingerprint density at radius 1 is 1.39 bits per heavy atom. The number of hydrogen-bond acceptors (Lipinski definition) is 6. The fourth-order valence-electron chi connectivity index (χ4n) is 3.52. The number of carbonyl (C=O) groups excluding carboxylic acids is 1. The Balaban J connectivity index is 1.54. The quantitative estimate of drug-likeness (QED) is 0.468. The SMILES string of the molecule is CN1C(C(=O)Nc2ccc(F)c(Cl)c2)CC(c2cc(-c3cnn(CCO)c3)cs2)NS1(=O)=O. The molecule has 1 aliphatic heterocycles. The fourth-order valence-corrected chi connectivity index (χ4v) is 6.02. The summed E-state index contributed by atoms with van der Waals surface area (Å²) in [6.45, 7) is 0.350. The van der Waals surface area contributed by atoms with Crippen LogP contribution in [-0.2, 0) is 21.5 Å². The first-order valence-corrected chi connectivity index (χ1v) is 12.6. The first-order valence-electron chi connectivity index (χ1n) is 9.91. The van der Waals surface area contributed by atoms with Crippen molar-refractivity contribution >= 4 is 44.7 Å². The van der Waals surface area contributed by atoms with Gasteiger partial charge in [-0.1, -0.05) is 11.6 Å². The molecule has 3 N–H and O–H groups in total. The Morgan fingerprint density at radius 2 is 2.18 bits per heavy atom. The molecule has 33 heavy (non-hydrogen) atoms. The first kappa shape index (κ1) is 23.8. The van der Waals surface area contributed by atoms with Crippen molar-refractivity contribution in [3.8, 4) is 11.1 Å². The van der Waals surface area contributed by atoms with Crippen LogP contribution in [0.3, 0.4) is 0 Å². The molecule has 9 nitrogen and oxygen atoms in total. The zero-order chi connectivity index (χ0) is 23.8. The number of halogens is 2. The van der Waals surface area contributed by atoms with E-state index >= 15 is 0 Å². The van der Waals surface area contributed by atoms with Gasteiger partial charge < -0.3 is 10.4 Å². The van der Waals surface area contributed by atoms with Crippen molar-refractivity contribution < 1.29 is 22.7 Å². The summed E-state index contributed by atoms with van der Waals surface area (Å²) in [5, 5.41) is 17.6. The molecular formula is C20H21ClFN5O4S2. The number of aromatic nitrogens is 2. The van der Waals surface area contributed by atoms with Crippen LogP contribution in [0.2, 0.25) is 5.02 Å². The highest BCUT2D eigenvalue weighted by atomic mass is 35.5. The minimum atomic E-state index is -3.92. The molecule has 0 radical (unpaired) electrons. The lowest BCUT2D eigenvalue weighted by Gasteiger charge is -2.35. The number of thiophene rings is 1. The Bertz CT molecular complexity index is 1280. The average Bonchev–Trinajstić information content (AvgIpc) is 3.42. The normalized spacial score (nSPS) is 20.6. The van der Waals surface area contributed by atoms with Crippen molar-refractivity contribution in [2.24, 2.45) is 0 Å². The minimum absolute atomic E-state index is 0.0268. The third-order valence-electron chi connectivity index (χ3n) is 5.32. The van der Waals surface area contributed by atoms with Crippen LogP contribution in [0.5, 0.6) is 0 Å². The number of hydrogen-bond donors (Lipinski definition) is 3. The predicted octanol–water partition coefficient (Wildman–Crippen LogP) is 2.61. The van der Waals surface area contributed by atoms with Crippen molar-refractivity contribution in [1.82, 2.24) is 18.8 Å². The van der Waals surface area contributed by atoms with Gasteiger partial charge in [0.05, 0.1) is 30.4 Å². The molecule has 1 aromatic carbocycles. The molecule has 1 saturated heterocycles. The number of carbonyl (C=O) groups is 1. The number of benzene rings is 1. The van der Waals surface area contributed by atoms with Gasteiger partial charge in [-0.15, -0.1) is 11.3 Å². The molecule has 3 heterocycles. The number of anilines is 1. The maximum atomic E-state index is 13.4. The lowest BCUT2D eigenvalue weighted by molar-refractivity contribution is -0.120. The van der Waals surface area contributed by atoms with E-state index in [9.17, 15) is 17.6 Å². The highest BCUT2D eigenvalue weighted by Gasteiger charge is 2.41. The summed E-state index contributed by atoms with van der Waals surface area (Å²) in [6.07, 6.45) is 3.66. The molecule has 176 valence electrons. The van der Waals surface area contributed by atoms with Gasteiger partial charge in [-0.3, -0.25) is 9.48 Å². The predicted molar refractivity (Wildman–Crippen MR) is 124 cm³/mol. The van der Waals surface area contributed by atoms with Crippen LogP contribution in [0.25, 0.3) is 11.1 Å². The average molecular weight is 514 g/mol. The Morgan fingerprint density at radius 3 is 2.91 bits per heavy atom. The van der Waals surface area contributed by atoms with Gasteiger partial charge in [0, 0.05) is 29.4 Å². The van der Waals surface area contributed by atoms with Crippen LogP contribution >= 0.6 is 22.9 Å². The van der Waals surface area contributed by atoms with Crippen molar-refractivity contribution in [3.63, 3.8) is 0 Å². The van der Waals surface area contributed by atoms with E-state index in [-0.39, 0.29) is 23.7 Å². The maximum absolute atomic E-state index is 13.4. The summed E-state index contributed by atoms with van der Waals surface area (Å²) < 4.78 is 44.1. The van der Waals surface area contributed by atoms with Crippen molar-refractivity contribution in [2.45, 2.75) is 25.0 Å². The smallest absolute Gasteiger partial charge is 0.280 e. The van der Waals surface area contributed by atoms with Crippen molar-refractivity contribution in [2.75, 3.05) is 19.0 Å². The van der Waals surface area contributed by atoms with E-state index in [4.69, 9.17) is 16.7 Å². The van der Waals surface area contributed by atoms with Crippen LogP contribution < -0.4 is 10.0 Å². The zero-order valence-corrected chi connectivity index (χ0v) is 19.8. The molecule has 2 unspecified atom stereocenters. The van der Waals surface area contributed by atoms with E-state index in [0.29, 0.717) is 6.54 Å². The first-order chi connectivity index (χ1) is 15.7. The molecule has 0 spiro atoms. The van der Waals surface area contributed by atoms with Crippen LogP contribution in [0.1, 0.15) is 17.3 Å². The number of amides is 1. The number of nitrogens with one attached hydrogen (secondary N) is 2. The minimum Gasteiger partial charge on any atom is -0.394 e. The highest BCUT2D eigenvalue weighted by molar-refractivity contribution is 7.87. The molecular weight excluding hydrogens is 493 g/mol. The van der Waals surface area contributed by atoms with Crippen molar-refractivity contribution in [1.29, 1.82) is 0 Å². The lowest BCUT2D eigenvalue weighted by Crippen LogP contribution is -2.55. The van der Waals surface area contributed by atoms with Crippen molar-refractivity contribution in [3.05, 3.63) is 57.8 Å². The zero-order valence-electron chi connectivity index (χ0n) is 17.4. The van der Waals surface area contributed by atoms with E-state index in [1.807, 2.05) is 11.4 Å². The fraction of sp³-hybridized carbons (Fsp3) is 0.300. The number of aliphatic hydroxyl groups excluding tert-OH is 1. The summed E-state index contributed by atoms with van der Waals surface area (Å²) >= 11 is 7.15. The molecule has 3 aromatic rings. The van der Waals surface area contributed by atoms with Gasteiger partial charge in [0.15, 0.2) is 0 Å². The lowest BCUT2D eigenvalue weighted by atomic mass is 10.0. The van der Waals surface area contributed by atoms with Crippen LogP contribution in [0.4, 0.5) is 10.1 Å². The van der Waals surface area contributed by atoms with E-state index in [1.54, 1.807) is 17.1 Å². The maximum Gasteiger partial charge on any atom is 0.280 e.